The molecule has 0 rings (SSSR count). The molecule has 0 spiro atoms. The maximum absolute atomic E-state index is 11.7. The van der Waals surface area contributed by atoms with Gasteiger partial charge < -0.3 is 9.64 Å². The van der Waals surface area contributed by atoms with E-state index in [4.69, 9.17) is 0 Å². The van der Waals surface area contributed by atoms with Gasteiger partial charge >= 0.3 is 5.97 Å². The number of hydrogen-bond donors (Lipinski definition) is 0. The fourth-order valence-electron chi connectivity index (χ4n) is 1.56. The van der Waals surface area contributed by atoms with Crippen molar-refractivity contribution in [3.05, 3.63) is 0 Å². The summed E-state index contributed by atoms with van der Waals surface area (Å²) in [6.07, 6.45) is 6.58. The van der Waals surface area contributed by atoms with Gasteiger partial charge in [-0.1, -0.05) is 32.6 Å². The van der Waals surface area contributed by atoms with E-state index in [2.05, 4.69) is 11.7 Å². The van der Waals surface area contributed by atoms with Gasteiger partial charge in [0.15, 0.2) is 0 Å². The van der Waals surface area contributed by atoms with Crippen molar-refractivity contribution in [1.29, 1.82) is 0 Å². The fourth-order valence-corrected chi connectivity index (χ4v) is 1.56. The van der Waals surface area contributed by atoms with E-state index in [-0.39, 0.29) is 18.3 Å². The zero-order valence-electron chi connectivity index (χ0n) is 11.3. The minimum absolute atomic E-state index is 0.116. The fraction of sp³-hybridized carbons (Fsp3) is 0.846. The van der Waals surface area contributed by atoms with Crippen LogP contribution in [-0.4, -0.2) is 37.5 Å². The third-order valence-electron chi connectivity index (χ3n) is 2.80. The summed E-state index contributed by atoms with van der Waals surface area (Å²) in [4.78, 5) is 24.2. The number of ether oxygens (including phenoxy) is 1. The maximum atomic E-state index is 11.7. The second kappa shape index (κ2) is 10.1. The molecule has 0 saturated carbocycles. The van der Waals surface area contributed by atoms with Gasteiger partial charge in [0.1, 0.15) is 0 Å². The van der Waals surface area contributed by atoms with Crippen LogP contribution in [0.2, 0.25) is 0 Å². The molecule has 0 fully saturated rings. The summed E-state index contributed by atoms with van der Waals surface area (Å²) in [6.45, 7) is 2.62. The number of methoxy groups -OCH3 is 1. The molecule has 4 heteroatoms. The molecule has 0 heterocycles. The van der Waals surface area contributed by atoms with Crippen LogP contribution < -0.4 is 0 Å². The highest BCUT2D eigenvalue weighted by molar-refractivity contribution is 5.76. The second-order valence-corrected chi connectivity index (χ2v) is 4.31. The summed E-state index contributed by atoms with van der Waals surface area (Å²) in [6, 6.07) is 0. The van der Waals surface area contributed by atoms with E-state index in [0.29, 0.717) is 13.0 Å². The Kier molecular flexibility index (Phi) is 9.49. The van der Waals surface area contributed by atoms with Crippen LogP contribution in [0.3, 0.4) is 0 Å². The van der Waals surface area contributed by atoms with Gasteiger partial charge in [0.2, 0.25) is 5.91 Å². The van der Waals surface area contributed by atoms with E-state index in [1.807, 2.05) is 0 Å². The first kappa shape index (κ1) is 15.9. The Bertz CT molecular complexity index is 229. The lowest BCUT2D eigenvalue weighted by Gasteiger charge is -2.16. The first-order valence-electron chi connectivity index (χ1n) is 6.42. The number of hydrogen-bond acceptors (Lipinski definition) is 3. The largest absolute Gasteiger partial charge is 0.469 e. The van der Waals surface area contributed by atoms with E-state index in [1.165, 1.54) is 26.4 Å². The van der Waals surface area contributed by atoms with Crippen LogP contribution in [0.1, 0.15) is 51.9 Å². The third kappa shape index (κ3) is 8.72. The Labute approximate surface area is 104 Å². The van der Waals surface area contributed by atoms with Crippen LogP contribution in [0.25, 0.3) is 0 Å². The zero-order chi connectivity index (χ0) is 13.1. The molecule has 100 valence electrons. The number of nitrogens with zero attached hydrogens (tertiary/aromatic N) is 1. The molecule has 0 aromatic heterocycles. The van der Waals surface area contributed by atoms with E-state index in [9.17, 15) is 9.59 Å². The predicted octanol–water partition coefficient (Wildman–Crippen LogP) is 2.37. The normalized spacial score (nSPS) is 10.1. The van der Waals surface area contributed by atoms with Crippen LogP contribution >= 0.6 is 0 Å². The van der Waals surface area contributed by atoms with Crippen molar-refractivity contribution in [1.82, 2.24) is 4.90 Å². The Morgan fingerprint density at radius 2 is 1.71 bits per heavy atom. The molecule has 0 unspecified atom stereocenters. The molecule has 0 aliphatic heterocycles. The summed E-state index contributed by atoms with van der Waals surface area (Å²) in [5.41, 5.74) is 0. The van der Waals surface area contributed by atoms with Gasteiger partial charge in [-0.15, -0.1) is 0 Å². The van der Waals surface area contributed by atoms with Crippen molar-refractivity contribution in [2.24, 2.45) is 0 Å². The maximum Gasteiger partial charge on any atom is 0.307 e. The van der Waals surface area contributed by atoms with E-state index in [1.54, 1.807) is 11.9 Å². The molecular weight excluding hydrogens is 218 g/mol. The van der Waals surface area contributed by atoms with Crippen molar-refractivity contribution in [2.75, 3.05) is 20.7 Å². The smallest absolute Gasteiger partial charge is 0.307 e. The number of carbonyl (C=O) groups is 2. The molecule has 0 aliphatic rings. The van der Waals surface area contributed by atoms with Gasteiger partial charge in [-0.3, -0.25) is 9.59 Å². The minimum atomic E-state index is -0.271. The Hall–Kier alpha value is -1.06. The average Bonchev–Trinajstić information content (AvgIpc) is 2.34. The molecule has 0 N–H and O–H groups in total. The molecule has 0 radical (unpaired) electrons. The summed E-state index contributed by atoms with van der Waals surface area (Å²) >= 11 is 0. The molecular formula is C13H25NO3. The van der Waals surface area contributed by atoms with Crippen molar-refractivity contribution in [3.63, 3.8) is 0 Å². The highest BCUT2D eigenvalue weighted by atomic mass is 16.5. The number of rotatable bonds is 9. The number of esters is 1. The topological polar surface area (TPSA) is 46.6 Å². The summed E-state index contributed by atoms with van der Waals surface area (Å²) < 4.78 is 4.53. The van der Waals surface area contributed by atoms with Gasteiger partial charge in [-0.25, -0.2) is 0 Å². The van der Waals surface area contributed by atoms with Crippen LogP contribution in [0.4, 0.5) is 0 Å². The van der Waals surface area contributed by atoms with Crippen LogP contribution in [0, 0.1) is 0 Å². The van der Waals surface area contributed by atoms with Gasteiger partial charge in [-0.05, 0) is 6.42 Å². The Morgan fingerprint density at radius 1 is 1.06 bits per heavy atom. The van der Waals surface area contributed by atoms with Crippen molar-refractivity contribution in [2.45, 2.75) is 51.9 Å². The van der Waals surface area contributed by atoms with Crippen molar-refractivity contribution < 1.29 is 14.3 Å². The lowest BCUT2D eigenvalue weighted by atomic mass is 10.1. The van der Waals surface area contributed by atoms with E-state index < -0.39 is 0 Å². The molecule has 1 amide bonds. The lowest BCUT2D eigenvalue weighted by Crippen LogP contribution is -2.29. The van der Waals surface area contributed by atoms with E-state index in [0.717, 1.165) is 12.8 Å². The highest BCUT2D eigenvalue weighted by Gasteiger charge is 2.10. The van der Waals surface area contributed by atoms with Crippen LogP contribution in [0.5, 0.6) is 0 Å². The lowest BCUT2D eigenvalue weighted by molar-refractivity contribution is -0.141. The highest BCUT2D eigenvalue weighted by Crippen LogP contribution is 2.06. The quantitative estimate of drug-likeness (QED) is 0.461. The summed E-state index contributed by atoms with van der Waals surface area (Å²) in [5.74, 6) is -0.155. The Balaban J connectivity index is 3.57. The Morgan fingerprint density at radius 3 is 2.29 bits per heavy atom. The molecule has 0 aliphatic carbocycles. The van der Waals surface area contributed by atoms with Crippen molar-refractivity contribution >= 4 is 11.9 Å². The van der Waals surface area contributed by atoms with Gasteiger partial charge in [0, 0.05) is 20.0 Å². The predicted molar refractivity (Wildman–Crippen MR) is 67.6 cm³/mol. The average molecular weight is 243 g/mol. The standard InChI is InChI=1S/C13H25NO3/c1-4-5-6-7-8-9-12(15)14(2)11-10-13(16)17-3/h4-11H2,1-3H3. The zero-order valence-corrected chi connectivity index (χ0v) is 11.3. The molecule has 0 saturated heterocycles. The molecule has 4 nitrogen and oxygen atoms in total. The van der Waals surface area contributed by atoms with E-state index >= 15 is 0 Å². The number of amides is 1. The number of unbranched alkanes of at least 4 members (excludes halogenated alkanes) is 4. The van der Waals surface area contributed by atoms with Gasteiger partial charge in [-0.2, -0.15) is 0 Å². The first-order chi connectivity index (χ1) is 8.11. The second-order valence-electron chi connectivity index (χ2n) is 4.31. The molecule has 0 bridgehead atoms. The van der Waals surface area contributed by atoms with Crippen LogP contribution in [0.15, 0.2) is 0 Å². The third-order valence-corrected chi connectivity index (χ3v) is 2.80. The summed E-state index contributed by atoms with van der Waals surface area (Å²) in [7, 11) is 3.09. The van der Waals surface area contributed by atoms with Crippen molar-refractivity contribution in [3.8, 4) is 0 Å². The number of carbonyl (C=O) groups excluding carboxylic acids is 2. The molecule has 0 atom stereocenters. The molecule has 17 heavy (non-hydrogen) atoms. The first-order valence-corrected chi connectivity index (χ1v) is 6.42. The van der Waals surface area contributed by atoms with Gasteiger partial charge in [0.05, 0.1) is 13.5 Å². The molecule has 0 aromatic carbocycles. The van der Waals surface area contributed by atoms with Crippen LogP contribution in [-0.2, 0) is 14.3 Å². The monoisotopic (exact) mass is 243 g/mol. The minimum Gasteiger partial charge on any atom is -0.469 e. The van der Waals surface area contributed by atoms with Gasteiger partial charge in [0.25, 0.3) is 0 Å². The molecule has 0 aromatic rings. The summed E-state index contributed by atoms with van der Waals surface area (Å²) in [5, 5.41) is 0. The SMILES string of the molecule is CCCCCCCC(=O)N(C)CCC(=O)OC.